The first-order valence-corrected chi connectivity index (χ1v) is 6.15. The van der Waals surface area contributed by atoms with Gasteiger partial charge in [-0.1, -0.05) is 0 Å². The SMILES string of the molecule is CC(O)C1CCN(c2cc([C@@H](C)O)ccn2)C1. The Morgan fingerprint density at radius 2 is 2.18 bits per heavy atom. The normalized spacial score (nSPS) is 23.8. The van der Waals surface area contributed by atoms with Crippen molar-refractivity contribution in [3.63, 3.8) is 0 Å². The van der Waals surface area contributed by atoms with Gasteiger partial charge in [0.1, 0.15) is 5.82 Å². The first kappa shape index (κ1) is 12.3. The summed E-state index contributed by atoms with van der Waals surface area (Å²) in [6.45, 7) is 5.36. The standard InChI is InChI=1S/C13H20N2O2/c1-9(16)11-3-5-14-13(7-11)15-6-4-12(8-15)10(2)17/h3,5,7,9-10,12,16-17H,4,6,8H2,1-2H3/t9-,10?,12?/m1/s1. The number of hydrogen-bond acceptors (Lipinski definition) is 4. The molecular formula is C13H20N2O2. The molecule has 1 aliphatic rings. The van der Waals surface area contributed by atoms with E-state index in [4.69, 9.17) is 0 Å². The summed E-state index contributed by atoms with van der Waals surface area (Å²) in [4.78, 5) is 6.50. The topological polar surface area (TPSA) is 56.6 Å². The highest BCUT2D eigenvalue weighted by molar-refractivity contribution is 5.42. The van der Waals surface area contributed by atoms with Gasteiger partial charge < -0.3 is 15.1 Å². The third kappa shape index (κ3) is 2.76. The Labute approximate surface area is 102 Å². The molecule has 1 aromatic heterocycles. The first-order valence-electron chi connectivity index (χ1n) is 6.15. The Hall–Kier alpha value is -1.13. The molecule has 17 heavy (non-hydrogen) atoms. The van der Waals surface area contributed by atoms with Gasteiger partial charge in [-0.25, -0.2) is 4.98 Å². The second-order valence-electron chi connectivity index (χ2n) is 4.86. The fourth-order valence-electron chi connectivity index (χ4n) is 2.26. The summed E-state index contributed by atoms with van der Waals surface area (Å²) in [6, 6.07) is 3.76. The van der Waals surface area contributed by atoms with Crippen LogP contribution in [0.15, 0.2) is 18.3 Å². The van der Waals surface area contributed by atoms with E-state index in [1.54, 1.807) is 13.1 Å². The van der Waals surface area contributed by atoms with Crippen LogP contribution in [0.25, 0.3) is 0 Å². The van der Waals surface area contributed by atoms with Crippen molar-refractivity contribution in [3.8, 4) is 0 Å². The van der Waals surface area contributed by atoms with Gasteiger partial charge in [-0.3, -0.25) is 0 Å². The van der Waals surface area contributed by atoms with E-state index in [2.05, 4.69) is 9.88 Å². The van der Waals surface area contributed by atoms with Crippen molar-refractivity contribution in [1.82, 2.24) is 4.98 Å². The van der Waals surface area contributed by atoms with Gasteiger partial charge in [0.2, 0.25) is 0 Å². The smallest absolute Gasteiger partial charge is 0.128 e. The van der Waals surface area contributed by atoms with E-state index in [1.165, 1.54) is 0 Å². The highest BCUT2D eigenvalue weighted by Gasteiger charge is 2.26. The van der Waals surface area contributed by atoms with Gasteiger partial charge >= 0.3 is 0 Å². The lowest BCUT2D eigenvalue weighted by Crippen LogP contribution is -2.24. The number of aliphatic hydroxyl groups is 2. The van der Waals surface area contributed by atoms with Gasteiger partial charge in [0.15, 0.2) is 0 Å². The van der Waals surface area contributed by atoms with Crippen molar-refractivity contribution in [2.75, 3.05) is 18.0 Å². The molecule has 1 aliphatic heterocycles. The molecule has 0 bridgehead atoms. The molecule has 2 rings (SSSR count). The molecule has 1 aromatic rings. The molecule has 0 amide bonds. The summed E-state index contributed by atoms with van der Waals surface area (Å²) in [7, 11) is 0. The Morgan fingerprint density at radius 1 is 1.41 bits per heavy atom. The monoisotopic (exact) mass is 236 g/mol. The van der Waals surface area contributed by atoms with Gasteiger partial charge in [-0.15, -0.1) is 0 Å². The molecule has 2 N–H and O–H groups in total. The van der Waals surface area contributed by atoms with Crippen molar-refractivity contribution >= 4 is 5.82 Å². The van der Waals surface area contributed by atoms with E-state index in [0.717, 1.165) is 30.9 Å². The molecule has 94 valence electrons. The van der Waals surface area contributed by atoms with Crippen LogP contribution in [0, 0.1) is 5.92 Å². The summed E-state index contributed by atoms with van der Waals surface area (Å²) >= 11 is 0. The van der Waals surface area contributed by atoms with E-state index < -0.39 is 6.10 Å². The van der Waals surface area contributed by atoms with E-state index >= 15 is 0 Å². The van der Waals surface area contributed by atoms with Crippen LogP contribution in [0.2, 0.25) is 0 Å². The summed E-state index contributed by atoms with van der Waals surface area (Å²) < 4.78 is 0. The maximum atomic E-state index is 9.57. The van der Waals surface area contributed by atoms with Crippen LogP contribution < -0.4 is 4.90 Å². The minimum Gasteiger partial charge on any atom is -0.393 e. The number of rotatable bonds is 3. The van der Waals surface area contributed by atoms with E-state index in [-0.39, 0.29) is 6.10 Å². The fourth-order valence-corrected chi connectivity index (χ4v) is 2.26. The molecule has 4 heteroatoms. The lowest BCUT2D eigenvalue weighted by molar-refractivity contribution is 0.136. The molecule has 0 aliphatic carbocycles. The molecule has 1 fully saturated rings. The maximum absolute atomic E-state index is 9.57. The molecule has 0 aromatic carbocycles. The Bertz CT molecular complexity index is 379. The number of aromatic nitrogens is 1. The van der Waals surface area contributed by atoms with Crippen LogP contribution in [-0.4, -0.2) is 34.4 Å². The third-order valence-electron chi connectivity index (χ3n) is 3.48. The minimum absolute atomic E-state index is 0.264. The Morgan fingerprint density at radius 3 is 2.76 bits per heavy atom. The molecule has 1 saturated heterocycles. The molecule has 0 saturated carbocycles. The van der Waals surface area contributed by atoms with Crippen LogP contribution in [0.4, 0.5) is 5.82 Å². The summed E-state index contributed by atoms with van der Waals surface area (Å²) in [6.07, 6.45) is 2.00. The molecule has 4 nitrogen and oxygen atoms in total. The van der Waals surface area contributed by atoms with Gasteiger partial charge in [0.25, 0.3) is 0 Å². The maximum Gasteiger partial charge on any atom is 0.128 e. The van der Waals surface area contributed by atoms with Crippen molar-refractivity contribution in [2.24, 2.45) is 5.92 Å². The predicted octanol–water partition coefficient (Wildman–Crippen LogP) is 1.34. The zero-order valence-electron chi connectivity index (χ0n) is 10.4. The van der Waals surface area contributed by atoms with Crippen LogP contribution in [0.1, 0.15) is 31.9 Å². The third-order valence-corrected chi connectivity index (χ3v) is 3.48. The largest absolute Gasteiger partial charge is 0.393 e. The number of aliphatic hydroxyl groups excluding tert-OH is 2. The van der Waals surface area contributed by atoms with Crippen molar-refractivity contribution in [1.29, 1.82) is 0 Å². The zero-order valence-corrected chi connectivity index (χ0v) is 10.4. The average molecular weight is 236 g/mol. The average Bonchev–Trinajstić information content (AvgIpc) is 2.78. The summed E-state index contributed by atoms with van der Waals surface area (Å²) in [5.74, 6) is 1.22. The number of hydrogen-bond donors (Lipinski definition) is 2. The molecular weight excluding hydrogens is 216 g/mol. The highest BCUT2D eigenvalue weighted by Crippen LogP contribution is 2.25. The van der Waals surface area contributed by atoms with Gasteiger partial charge in [0, 0.05) is 25.2 Å². The van der Waals surface area contributed by atoms with Gasteiger partial charge in [0.05, 0.1) is 12.2 Å². The van der Waals surface area contributed by atoms with E-state index in [9.17, 15) is 10.2 Å². The first-order chi connectivity index (χ1) is 8.08. The lowest BCUT2D eigenvalue weighted by Gasteiger charge is -2.19. The second-order valence-corrected chi connectivity index (χ2v) is 4.86. The zero-order chi connectivity index (χ0) is 12.4. The molecule has 0 spiro atoms. The van der Waals surface area contributed by atoms with E-state index in [0.29, 0.717) is 5.92 Å². The summed E-state index contributed by atoms with van der Waals surface area (Å²) in [5, 5.41) is 19.1. The molecule has 0 radical (unpaired) electrons. The minimum atomic E-state index is -0.466. The lowest BCUT2D eigenvalue weighted by atomic mass is 10.0. The highest BCUT2D eigenvalue weighted by atomic mass is 16.3. The van der Waals surface area contributed by atoms with Crippen molar-refractivity contribution in [3.05, 3.63) is 23.9 Å². The van der Waals surface area contributed by atoms with Crippen molar-refractivity contribution in [2.45, 2.75) is 32.5 Å². The Kier molecular flexibility index (Phi) is 3.64. The van der Waals surface area contributed by atoms with Crippen LogP contribution in [-0.2, 0) is 0 Å². The van der Waals surface area contributed by atoms with Crippen LogP contribution >= 0.6 is 0 Å². The quantitative estimate of drug-likeness (QED) is 0.831. The number of anilines is 1. The Balaban J connectivity index is 2.11. The molecule has 2 unspecified atom stereocenters. The van der Waals surface area contributed by atoms with Gasteiger partial charge in [-0.05, 0) is 38.0 Å². The second kappa shape index (κ2) is 5.02. The fraction of sp³-hybridized carbons (Fsp3) is 0.615. The van der Waals surface area contributed by atoms with E-state index in [1.807, 2.05) is 19.1 Å². The summed E-state index contributed by atoms with van der Waals surface area (Å²) in [5.41, 5.74) is 0.885. The number of nitrogens with zero attached hydrogens (tertiary/aromatic N) is 2. The molecule has 3 atom stereocenters. The molecule has 2 heterocycles. The van der Waals surface area contributed by atoms with Crippen molar-refractivity contribution < 1.29 is 10.2 Å². The number of pyridine rings is 1. The van der Waals surface area contributed by atoms with Crippen LogP contribution in [0.5, 0.6) is 0 Å². The van der Waals surface area contributed by atoms with Crippen LogP contribution in [0.3, 0.4) is 0 Å². The predicted molar refractivity (Wildman–Crippen MR) is 66.9 cm³/mol. The van der Waals surface area contributed by atoms with Gasteiger partial charge in [-0.2, -0.15) is 0 Å².